The van der Waals surface area contributed by atoms with Crippen molar-refractivity contribution in [3.8, 4) is 11.1 Å². The number of carboxylic acids is 1. The first-order valence-electron chi connectivity index (χ1n) is 18.8. The molecule has 0 bridgehead atoms. The van der Waals surface area contributed by atoms with Gasteiger partial charge in [0.15, 0.2) is 11.5 Å². The summed E-state index contributed by atoms with van der Waals surface area (Å²) in [6.07, 6.45) is 7.56. The molecule has 4 aliphatic heterocycles. The lowest BCUT2D eigenvalue weighted by molar-refractivity contribution is -0.141. The third kappa shape index (κ3) is 6.24. The van der Waals surface area contributed by atoms with E-state index in [-0.39, 0.29) is 24.0 Å². The maximum atomic E-state index is 14.1. The van der Waals surface area contributed by atoms with E-state index < -0.39 is 5.97 Å². The molecular formula is C41H44N8O4. The number of carboxylic acid groups (broad SMARTS) is 1. The molecule has 0 aliphatic carbocycles. The number of aliphatic hydroxyl groups excluding tert-OH is 1. The maximum absolute atomic E-state index is 14.1. The minimum atomic E-state index is -0.734. The van der Waals surface area contributed by atoms with Crippen LogP contribution in [0.4, 0.5) is 17.2 Å². The first-order valence-corrected chi connectivity index (χ1v) is 18.8. The summed E-state index contributed by atoms with van der Waals surface area (Å²) in [6, 6.07) is 18.6. The Morgan fingerprint density at radius 3 is 2.64 bits per heavy atom. The number of aliphatic hydroxyl groups is 1. The van der Waals surface area contributed by atoms with Crippen LogP contribution in [0.1, 0.15) is 64.6 Å². The molecule has 1 unspecified atom stereocenters. The molecule has 2 fully saturated rings. The van der Waals surface area contributed by atoms with E-state index in [9.17, 15) is 19.8 Å². The lowest BCUT2D eigenvalue weighted by Gasteiger charge is -2.31. The number of likely N-dealkylation sites (tertiary alicyclic amines) is 2. The quantitative estimate of drug-likeness (QED) is 0.188. The highest BCUT2D eigenvalue weighted by Crippen LogP contribution is 2.41. The van der Waals surface area contributed by atoms with Crippen LogP contribution >= 0.6 is 0 Å². The van der Waals surface area contributed by atoms with Gasteiger partial charge in [-0.05, 0) is 104 Å². The second kappa shape index (κ2) is 13.7. The molecule has 9 rings (SSSR count). The van der Waals surface area contributed by atoms with E-state index in [0.717, 1.165) is 108 Å². The third-order valence-corrected chi connectivity index (χ3v) is 11.7. The van der Waals surface area contributed by atoms with Crippen LogP contribution in [0, 0.1) is 12.8 Å². The fourth-order valence-electron chi connectivity index (χ4n) is 8.93. The molecule has 272 valence electrons. The number of nitrogens with zero attached hydrogens (tertiary/aromatic N) is 7. The summed E-state index contributed by atoms with van der Waals surface area (Å²) < 4.78 is 1.96. The molecule has 2 aromatic carbocycles. The van der Waals surface area contributed by atoms with Crippen molar-refractivity contribution in [3.05, 3.63) is 95.1 Å². The highest BCUT2D eigenvalue weighted by Gasteiger charge is 2.37. The Morgan fingerprint density at radius 2 is 1.81 bits per heavy atom. The lowest BCUT2D eigenvalue weighted by Crippen LogP contribution is -2.32. The van der Waals surface area contributed by atoms with E-state index in [1.165, 1.54) is 0 Å². The van der Waals surface area contributed by atoms with Gasteiger partial charge in [-0.3, -0.25) is 29.1 Å². The Balaban J connectivity index is 0.955. The van der Waals surface area contributed by atoms with E-state index in [0.29, 0.717) is 37.6 Å². The largest absolute Gasteiger partial charge is 0.481 e. The summed E-state index contributed by atoms with van der Waals surface area (Å²) in [4.78, 5) is 41.6. The van der Waals surface area contributed by atoms with Gasteiger partial charge >= 0.3 is 5.97 Å². The Labute approximate surface area is 308 Å². The minimum absolute atomic E-state index is 0.0800. The molecule has 0 spiro atoms. The molecule has 0 saturated carbocycles. The number of carbonyl (C=O) groups is 2. The van der Waals surface area contributed by atoms with Crippen molar-refractivity contribution in [2.45, 2.75) is 64.3 Å². The maximum Gasteiger partial charge on any atom is 0.307 e. The number of rotatable bonds is 8. The second-order valence-corrected chi connectivity index (χ2v) is 15.0. The molecule has 3 aromatic heterocycles. The lowest BCUT2D eigenvalue weighted by atomic mass is 9.93. The van der Waals surface area contributed by atoms with Crippen LogP contribution in [0.2, 0.25) is 0 Å². The number of aromatic nitrogens is 4. The fourth-order valence-corrected chi connectivity index (χ4v) is 8.93. The van der Waals surface area contributed by atoms with Crippen molar-refractivity contribution < 1.29 is 19.8 Å². The van der Waals surface area contributed by atoms with Crippen LogP contribution < -0.4 is 10.2 Å². The number of aliphatic carboxylic acids is 1. The number of anilines is 3. The van der Waals surface area contributed by atoms with E-state index in [2.05, 4.69) is 51.3 Å². The number of hydrogen-bond donors (Lipinski definition) is 3. The van der Waals surface area contributed by atoms with Gasteiger partial charge in [-0.15, -0.1) is 0 Å². The molecule has 3 atom stereocenters. The first kappa shape index (κ1) is 33.7. The van der Waals surface area contributed by atoms with E-state index in [1.54, 1.807) is 0 Å². The zero-order chi connectivity index (χ0) is 36.2. The van der Waals surface area contributed by atoms with Crippen molar-refractivity contribution in [1.82, 2.24) is 29.5 Å². The predicted octanol–water partition coefficient (Wildman–Crippen LogP) is 5.56. The summed E-state index contributed by atoms with van der Waals surface area (Å²) in [5.74, 6) is -0.485. The Hall–Kier alpha value is -5.17. The summed E-state index contributed by atoms with van der Waals surface area (Å²) in [5.41, 5.74) is 9.63. The average molecular weight is 713 g/mol. The minimum Gasteiger partial charge on any atom is -0.481 e. The monoisotopic (exact) mass is 712 g/mol. The number of carbonyl (C=O) groups excluding carboxylic acids is 1. The predicted molar refractivity (Wildman–Crippen MR) is 202 cm³/mol. The van der Waals surface area contributed by atoms with E-state index in [4.69, 9.17) is 10.1 Å². The zero-order valence-electron chi connectivity index (χ0n) is 29.9. The number of hydrogen-bond acceptors (Lipinski definition) is 9. The van der Waals surface area contributed by atoms with Crippen LogP contribution in [0.25, 0.3) is 22.0 Å². The zero-order valence-corrected chi connectivity index (χ0v) is 29.9. The van der Waals surface area contributed by atoms with Crippen molar-refractivity contribution in [2.75, 3.05) is 42.9 Å². The van der Waals surface area contributed by atoms with E-state index in [1.807, 2.05) is 52.3 Å². The van der Waals surface area contributed by atoms with Crippen LogP contribution in [0.15, 0.2) is 67.0 Å². The standard InChI is InChI=1S/C41H44N8O4/c1-25-30(5-2-7-33(25)44-39-38-27(10-14-42-39)19-26(21-43-38)22-46-16-12-29(50)24-46)31-6-3-8-35-32(31)13-18-48(35)40(51)34-20-37-36(9-4-15-49(37)45-34)47-17-11-28(23-47)41(52)53/h2-3,5-8,10,14,19-21,28-29,36,50H,4,9,11-13,15-18,22-24H2,1H3,(H,42,44)(H,52,53)/t28-,29-,36?/m1/s1. The highest BCUT2D eigenvalue weighted by molar-refractivity contribution is 6.07. The fraction of sp³-hybridized carbons (Fsp3) is 0.390. The normalized spacial score (nSPS) is 21.6. The molecular weight excluding hydrogens is 669 g/mol. The third-order valence-electron chi connectivity index (χ3n) is 11.7. The number of pyridine rings is 2. The van der Waals surface area contributed by atoms with Crippen LogP contribution in [0.3, 0.4) is 0 Å². The molecule has 2 saturated heterocycles. The Kier molecular flexibility index (Phi) is 8.68. The molecule has 12 heteroatoms. The smallest absolute Gasteiger partial charge is 0.307 e. The van der Waals surface area contributed by atoms with E-state index >= 15 is 0 Å². The van der Waals surface area contributed by atoms with Crippen molar-refractivity contribution >= 4 is 40.0 Å². The Morgan fingerprint density at radius 1 is 0.943 bits per heavy atom. The highest BCUT2D eigenvalue weighted by atomic mass is 16.4. The topological polar surface area (TPSA) is 140 Å². The van der Waals surface area contributed by atoms with Gasteiger partial charge < -0.3 is 20.4 Å². The van der Waals surface area contributed by atoms with Crippen LogP contribution in [0.5, 0.6) is 0 Å². The van der Waals surface area contributed by atoms with Gasteiger partial charge in [-0.1, -0.05) is 24.3 Å². The first-order chi connectivity index (χ1) is 25.8. The van der Waals surface area contributed by atoms with Gasteiger partial charge in [0.2, 0.25) is 0 Å². The Bertz CT molecular complexity index is 2240. The van der Waals surface area contributed by atoms with Gasteiger partial charge in [0, 0.05) is 68.4 Å². The van der Waals surface area contributed by atoms with Gasteiger partial charge in [0.1, 0.15) is 5.52 Å². The second-order valence-electron chi connectivity index (χ2n) is 15.0. The summed E-state index contributed by atoms with van der Waals surface area (Å²) in [6.45, 7) is 7.08. The summed E-state index contributed by atoms with van der Waals surface area (Å²) in [5, 5.41) is 28.9. The van der Waals surface area contributed by atoms with Crippen molar-refractivity contribution in [3.63, 3.8) is 0 Å². The molecule has 4 aliphatic rings. The molecule has 53 heavy (non-hydrogen) atoms. The summed E-state index contributed by atoms with van der Waals surface area (Å²) >= 11 is 0. The molecule has 5 aromatic rings. The molecule has 3 N–H and O–H groups in total. The number of fused-ring (bicyclic) bond motifs is 3. The average Bonchev–Trinajstić information content (AvgIpc) is 3.98. The van der Waals surface area contributed by atoms with Gasteiger partial charge in [-0.25, -0.2) is 4.98 Å². The van der Waals surface area contributed by atoms with Crippen molar-refractivity contribution in [2.24, 2.45) is 5.92 Å². The number of aryl methyl sites for hydroxylation is 1. The number of β-amino-alcohol motifs (C(OH)–C–C–N with tert-alkyl or cyclic N) is 1. The SMILES string of the molecule is Cc1c(Nc2nccc3cc(CN4CC[C@@H](O)C4)cnc23)cccc1-c1cccc2c1CCN2C(=O)c1cc2n(n1)CCCC2N1CC[C@@H](C(=O)O)C1. The van der Waals surface area contributed by atoms with Crippen molar-refractivity contribution in [1.29, 1.82) is 0 Å². The number of nitrogens with one attached hydrogen (secondary N) is 1. The van der Waals surface area contributed by atoms with Crippen LogP contribution in [-0.2, 0) is 24.3 Å². The number of benzene rings is 2. The summed E-state index contributed by atoms with van der Waals surface area (Å²) in [7, 11) is 0. The molecule has 12 nitrogen and oxygen atoms in total. The molecule has 1 amide bonds. The van der Waals surface area contributed by atoms with Gasteiger partial charge in [-0.2, -0.15) is 5.10 Å². The van der Waals surface area contributed by atoms with Crippen LogP contribution in [-0.4, -0.2) is 90.5 Å². The van der Waals surface area contributed by atoms with Gasteiger partial charge in [0.05, 0.1) is 23.8 Å². The molecule has 7 heterocycles. The van der Waals surface area contributed by atoms with Gasteiger partial charge in [0.25, 0.3) is 5.91 Å². The molecule has 0 radical (unpaired) electrons. The number of amides is 1.